The van der Waals surface area contributed by atoms with Gasteiger partial charge in [0, 0.05) is 38.8 Å². The number of fused-ring (bicyclic) bond motifs is 8. The maximum Gasteiger partial charge on any atom is 0.306 e. The Labute approximate surface area is 666 Å². The molecular formula is C86H112N8O18S2. The largest absolute Gasteiger partial charge is 0.471 e. The van der Waals surface area contributed by atoms with E-state index in [1.54, 1.807) is 62.4 Å². The molecule has 20 atom stereocenters. The van der Waals surface area contributed by atoms with Crippen LogP contribution in [-0.4, -0.2) is 152 Å². The van der Waals surface area contributed by atoms with Crippen molar-refractivity contribution in [3.63, 3.8) is 0 Å². The van der Waals surface area contributed by atoms with Gasteiger partial charge in [0.15, 0.2) is 11.6 Å². The normalized spacial score (nSPS) is 35.2. The molecule has 10 fully saturated rings. The van der Waals surface area contributed by atoms with Gasteiger partial charge >= 0.3 is 11.9 Å². The maximum absolute atomic E-state index is 15.0. The first-order valence-electron chi connectivity index (χ1n) is 42.1. The van der Waals surface area contributed by atoms with Crippen LogP contribution in [0.15, 0.2) is 82.4 Å². The average Bonchev–Trinajstić information content (AvgIpc) is 1.57. The Kier molecular flexibility index (Phi) is 22.3. The van der Waals surface area contributed by atoms with Gasteiger partial charge in [-0.3, -0.25) is 57.4 Å². The second-order valence-electron chi connectivity index (χ2n) is 36.8. The molecule has 2 N–H and O–H groups in total. The van der Waals surface area contributed by atoms with Crippen molar-refractivity contribution in [2.75, 3.05) is 13.1 Å². The summed E-state index contributed by atoms with van der Waals surface area (Å²) in [6.07, 6.45) is 18.4. The first-order valence-corrected chi connectivity index (χ1v) is 45.0. The molecule has 616 valence electrons. The number of rotatable bonds is 18. The highest BCUT2D eigenvalue weighted by Crippen LogP contribution is 2.60. The highest BCUT2D eigenvalue weighted by Gasteiger charge is 2.65. The van der Waals surface area contributed by atoms with E-state index in [9.17, 15) is 55.2 Å². The summed E-state index contributed by atoms with van der Waals surface area (Å²) in [7, 11) is -7.93. The Morgan fingerprint density at radius 1 is 0.491 bits per heavy atom. The Balaban J connectivity index is 0.000000180. The molecule has 2 aromatic heterocycles. The zero-order valence-corrected chi connectivity index (χ0v) is 68.6. The summed E-state index contributed by atoms with van der Waals surface area (Å²) in [4.78, 5) is 144. The molecule has 6 heterocycles. The van der Waals surface area contributed by atoms with Gasteiger partial charge in [-0.05, 0) is 227 Å². The predicted octanol–water partition coefficient (Wildman–Crippen LogP) is 10.2. The smallest absolute Gasteiger partial charge is 0.306 e. The van der Waals surface area contributed by atoms with E-state index in [4.69, 9.17) is 18.9 Å². The molecule has 4 amide bonds. The lowest BCUT2D eigenvalue weighted by molar-refractivity contribution is -0.155. The summed E-state index contributed by atoms with van der Waals surface area (Å²) in [6, 6.07) is 12.0. The standard InChI is InChI=1S/2C43H56N4O9S/c2*1-5-47-40(51)33-13-9-8-12-32(33)38(44-47)56-31-20-35-36(48)23-43(41(52)45-57(53,54)42(4)14-15-42)22-29(43)11-7-6-10-25(2)16-26(3)34(39(50)46(35)24-31)21-37(49)55-30-18-27-17-28(27)19-30/h2*7-9,11-13,25-31,34-35H,5-6,10,14-24H2,1-4H3,(H,45,52)/b2*11-7-/t25-,26+,27-,28+,29+,30?,31+,34-,35-,43+;25-,26-,27-,28+,29-,30?,31-,34+,35+,43-/m01/s1. The van der Waals surface area contributed by atoms with E-state index in [1.165, 1.54) is 32.0 Å². The monoisotopic (exact) mass is 1610 g/mol. The Morgan fingerprint density at radius 2 is 0.851 bits per heavy atom. The van der Waals surface area contributed by atoms with E-state index in [0.717, 1.165) is 51.4 Å². The number of hydrogen-bond acceptors (Lipinski definition) is 20. The SMILES string of the molecule is CCn1nc(O[C@@H]2C[C@H]3C(=O)C[C@]4(C(=O)NS(=O)(=O)C5(C)CC5)C[C@H]4/C=C\CC[C@@H](C)C[C@@H](C)[C@H](CC(=O)OC4C[C@@H]5C[C@@H]5C4)C(=O)N3C2)c2ccccc2c1=O.CCn1nc(O[C@@H]2C[C@H]3C(=O)C[C@]4(C(=O)NS(=O)(=O)C5(C)CC5)C[C@H]4/C=C\CC[C@H](C)C[C@@H](C)[C@H](CC(=O)OC4C[C@@H]5C[C@@H]5C4)C(=O)N3C2)c2ccccc2c1=O. The first-order chi connectivity index (χ1) is 54.2. The summed E-state index contributed by atoms with van der Waals surface area (Å²) >= 11 is 0. The second kappa shape index (κ2) is 31.4. The topological polar surface area (TPSA) is 342 Å². The molecule has 0 bridgehead atoms. The molecular weight excluding hydrogens is 1500 g/mol. The van der Waals surface area contributed by atoms with Gasteiger partial charge in [0.2, 0.25) is 55.4 Å². The fraction of sp³-hybridized carbons (Fsp3) is 0.674. The van der Waals surface area contributed by atoms with Gasteiger partial charge in [-0.25, -0.2) is 26.2 Å². The molecule has 114 heavy (non-hydrogen) atoms. The van der Waals surface area contributed by atoms with E-state index in [2.05, 4.69) is 33.5 Å². The number of ketones is 2. The summed E-state index contributed by atoms with van der Waals surface area (Å²) in [6.45, 7) is 15.7. The van der Waals surface area contributed by atoms with Crippen LogP contribution in [0.5, 0.6) is 11.8 Å². The van der Waals surface area contributed by atoms with E-state index in [-0.39, 0.29) is 146 Å². The fourth-order valence-corrected chi connectivity index (χ4v) is 22.5. The number of amides is 4. The van der Waals surface area contributed by atoms with Crippen molar-refractivity contribution in [3.05, 3.63) is 93.5 Å². The average molecular weight is 1610 g/mol. The third-order valence-corrected chi connectivity index (χ3v) is 32.5. The lowest BCUT2D eigenvalue weighted by Gasteiger charge is -2.32. The van der Waals surface area contributed by atoms with Crippen LogP contribution in [0, 0.1) is 81.8 Å². The van der Waals surface area contributed by atoms with Crippen molar-refractivity contribution in [3.8, 4) is 11.8 Å². The van der Waals surface area contributed by atoms with Crippen LogP contribution in [0.3, 0.4) is 0 Å². The highest BCUT2D eigenvalue weighted by atomic mass is 32.2. The van der Waals surface area contributed by atoms with Crippen LogP contribution in [0.4, 0.5) is 0 Å². The molecule has 16 rings (SSSR count). The number of esters is 2. The van der Waals surface area contributed by atoms with Crippen molar-refractivity contribution in [2.24, 2.45) is 81.8 Å². The lowest BCUT2D eigenvalue weighted by Crippen LogP contribution is -2.48. The number of nitrogens with one attached hydrogen (secondary N) is 2. The molecule has 0 radical (unpaired) electrons. The molecule has 2 unspecified atom stereocenters. The number of aromatic nitrogens is 4. The van der Waals surface area contributed by atoms with Crippen molar-refractivity contribution in [1.82, 2.24) is 38.8 Å². The van der Waals surface area contributed by atoms with Gasteiger partial charge in [0.05, 0.1) is 91.7 Å². The van der Waals surface area contributed by atoms with Gasteiger partial charge in [-0.2, -0.15) is 0 Å². The number of carbonyl (C=O) groups is 8. The third kappa shape index (κ3) is 16.5. The van der Waals surface area contributed by atoms with Crippen molar-refractivity contribution in [2.45, 2.75) is 269 Å². The maximum atomic E-state index is 15.0. The van der Waals surface area contributed by atoms with Gasteiger partial charge in [0.25, 0.3) is 11.1 Å². The van der Waals surface area contributed by atoms with Crippen molar-refractivity contribution in [1.29, 1.82) is 0 Å². The molecule has 4 aliphatic heterocycles. The zero-order valence-electron chi connectivity index (χ0n) is 67.0. The Morgan fingerprint density at radius 3 is 1.20 bits per heavy atom. The van der Waals surface area contributed by atoms with Gasteiger partial charge < -0.3 is 28.7 Å². The van der Waals surface area contributed by atoms with E-state index in [1.807, 2.05) is 52.0 Å². The molecule has 2 aromatic carbocycles. The van der Waals surface area contributed by atoms with E-state index >= 15 is 9.59 Å². The molecule has 8 aliphatic carbocycles. The molecule has 8 saturated carbocycles. The minimum Gasteiger partial charge on any atom is -0.471 e. The third-order valence-electron chi connectivity index (χ3n) is 28.2. The predicted molar refractivity (Wildman–Crippen MR) is 422 cm³/mol. The first kappa shape index (κ1) is 81.0. The zero-order chi connectivity index (χ0) is 80.9. The molecule has 0 spiro atoms. The number of carbonyl (C=O) groups excluding carboxylic acids is 8. The number of hydrogen-bond donors (Lipinski definition) is 2. The van der Waals surface area contributed by atoms with Crippen LogP contribution in [0.2, 0.25) is 0 Å². The number of sulfonamides is 2. The minimum atomic E-state index is -3.96. The van der Waals surface area contributed by atoms with Gasteiger partial charge in [-0.15, -0.1) is 10.2 Å². The lowest BCUT2D eigenvalue weighted by atomic mass is 9.82. The van der Waals surface area contributed by atoms with Crippen LogP contribution in [0.25, 0.3) is 21.5 Å². The quantitative estimate of drug-likeness (QED) is 0.0690. The highest BCUT2D eigenvalue weighted by molar-refractivity contribution is 7.92. The molecule has 4 aromatic rings. The Bertz CT molecular complexity index is 4610. The number of ether oxygens (including phenoxy) is 4. The van der Waals surface area contributed by atoms with Crippen LogP contribution in [-0.2, 0) is 81.0 Å². The number of nitrogens with zero attached hydrogens (tertiary/aromatic N) is 6. The Hall–Kier alpha value is -8.14. The summed E-state index contributed by atoms with van der Waals surface area (Å²) < 4.78 is 83.3. The summed E-state index contributed by atoms with van der Waals surface area (Å²) in [5, 5.41) is 10.9. The minimum absolute atomic E-state index is 0.0194. The van der Waals surface area contributed by atoms with Crippen LogP contribution in [0.1, 0.15) is 209 Å². The number of allylic oxidation sites excluding steroid dienone is 4. The molecule has 26 nitrogen and oxygen atoms in total. The van der Waals surface area contributed by atoms with Crippen LogP contribution >= 0.6 is 0 Å². The second-order valence-corrected chi connectivity index (χ2v) is 41.2. The summed E-state index contributed by atoms with van der Waals surface area (Å²) in [5.41, 5.74) is -3.07. The van der Waals surface area contributed by atoms with Crippen LogP contribution < -0.4 is 30.0 Å². The van der Waals surface area contributed by atoms with Gasteiger partial charge in [-0.1, -0.05) is 76.3 Å². The van der Waals surface area contributed by atoms with Gasteiger partial charge in [0.1, 0.15) is 24.4 Å². The van der Waals surface area contributed by atoms with E-state index in [0.29, 0.717) is 110 Å². The number of aryl methyl sites for hydroxylation is 2. The molecule has 2 saturated heterocycles. The molecule has 28 heteroatoms. The van der Waals surface area contributed by atoms with Crippen molar-refractivity contribution < 1.29 is 74.1 Å². The molecule has 12 aliphatic rings. The van der Waals surface area contributed by atoms with Crippen molar-refractivity contribution >= 4 is 88.7 Å². The fourth-order valence-electron chi connectivity index (χ4n) is 19.8. The van der Waals surface area contributed by atoms with E-state index < -0.39 is 100 Å². The summed E-state index contributed by atoms with van der Waals surface area (Å²) in [5.74, 6) is -2.88. The number of benzene rings is 2. The number of Topliss-reactive ketones (excluding diaryl/α,β-unsaturated/α-hetero) is 2.